The van der Waals surface area contributed by atoms with Gasteiger partial charge in [0.2, 0.25) is 17.8 Å². The van der Waals surface area contributed by atoms with E-state index in [0.717, 1.165) is 30.0 Å². The van der Waals surface area contributed by atoms with E-state index in [4.69, 9.17) is 16.3 Å². The molecule has 1 aromatic heterocycles. The van der Waals surface area contributed by atoms with Crippen LogP contribution in [0.25, 0.3) is 0 Å². The molecule has 3 aromatic rings. The topological polar surface area (TPSA) is 75.2 Å². The van der Waals surface area contributed by atoms with Gasteiger partial charge in [0.05, 0.1) is 13.2 Å². The van der Waals surface area contributed by atoms with E-state index in [1.54, 1.807) is 0 Å². The van der Waals surface area contributed by atoms with Crippen LogP contribution in [-0.4, -0.2) is 41.3 Å². The zero-order valence-electron chi connectivity index (χ0n) is 16.4. The molecule has 7 nitrogen and oxygen atoms in total. The van der Waals surface area contributed by atoms with Crippen LogP contribution < -0.4 is 15.5 Å². The summed E-state index contributed by atoms with van der Waals surface area (Å²) in [5, 5.41) is 7.20. The Hall–Kier alpha value is -2.90. The molecule has 0 aliphatic carbocycles. The summed E-state index contributed by atoms with van der Waals surface area (Å²) in [6, 6.07) is 13.9. The summed E-state index contributed by atoms with van der Waals surface area (Å²) in [5.74, 6) is 1.54. The third-order valence-corrected chi connectivity index (χ3v) is 5.06. The molecule has 29 heavy (non-hydrogen) atoms. The monoisotopic (exact) mass is 410 g/mol. The molecule has 4 rings (SSSR count). The van der Waals surface area contributed by atoms with Crippen LogP contribution in [0.3, 0.4) is 0 Å². The zero-order valence-corrected chi connectivity index (χ0v) is 17.2. The van der Waals surface area contributed by atoms with Crippen LogP contribution >= 0.6 is 11.6 Å². The summed E-state index contributed by atoms with van der Waals surface area (Å²) in [4.78, 5) is 15.9. The Morgan fingerprint density at radius 3 is 2.14 bits per heavy atom. The average Bonchev–Trinajstić information content (AvgIpc) is 2.73. The lowest BCUT2D eigenvalue weighted by molar-refractivity contribution is 0.122. The minimum Gasteiger partial charge on any atom is -0.378 e. The predicted octanol–water partition coefficient (Wildman–Crippen LogP) is 4.47. The molecule has 1 fully saturated rings. The first-order chi connectivity index (χ1) is 14.1. The fraction of sp³-hybridized carbons (Fsp3) is 0.286. The molecule has 8 heteroatoms. The van der Waals surface area contributed by atoms with Gasteiger partial charge in [-0.25, -0.2) is 0 Å². The number of halogens is 1. The number of nitrogens with one attached hydrogen (secondary N) is 2. The Labute approximate surface area is 175 Å². The van der Waals surface area contributed by atoms with Gasteiger partial charge in [-0.2, -0.15) is 15.0 Å². The predicted molar refractivity (Wildman–Crippen MR) is 117 cm³/mol. The molecule has 2 N–H and O–H groups in total. The van der Waals surface area contributed by atoms with Gasteiger partial charge in [0.1, 0.15) is 0 Å². The molecule has 150 valence electrons. The van der Waals surface area contributed by atoms with Gasteiger partial charge in [0.25, 0.3) is 0 Å². The molecule has 1 saturated heterocycles. The molecule has 2 heterocycles. The van der Waals surface area contributed by atoms with Gasteiger partial charge in [-0.05, 0) is 43.7 Å². The number of aromatic nitrogens is 3. The maximum absolute atomic E-state index is 6.26. The van der Waals surface area contributed by atoms with E-state index in [-0.39, 0.29) is 0 Å². The lowest BCUT2D eigenvalue weighted by atomic mass is 10.2. The number of rotatable bonds is 5. The smallest absolute Gasteiger partial charge is 0.233 e. The highest BCUT2D eigenvalue weighted by atomic mass is 35.5. The van der Waals surface area contributed by atoms with Crippen LogP contribution in [-0.2, 0) is 4.74 Å². The summed E-state index contributed by atoms with van der Waals surface area (Å²) in [5.41, 5.74) is 3.95. The molecule has 0 saturated carbocycles. The Bertz CT molecular complexity index is 989. The van der Waals surface area contributed by atoms with Crippen molar-refractivity contribution in [2.75, 3.05) is 41.8 Å². The van der Waals surface area contributed by atoms with Crippen molar-refractivity contribution in [3.05, 3.63) is 58.6 Å². The van der Waals surface area contributed by atoms with Gasteiger partial charge in [-0.3, -0.25) is 0 Å². The normalized spacial score (nSPS) is 14.0. The Morgan fingerprint density at radius 2 is 1.48 bits per heavy atom. The molecule has 2 aromatic carbocycles. The highest BCUT2D eigenvalue weighted by Gasteiger charge is 2.17. The number of aryl methyl sites for hydroxylation is 2. The van der Waals surface area contributed by atoms with Crippen molar-refractivity contribution in [3.63, 3.8) is 0 Å². The lowest BCUT2D eigenvalue weighted by Crippen LogP contribution is -2.37. The summed E-state index contributed by atoms with van der Waals surface area (Å²) < 4.78 is 5.45. The maximum atomic E-state index is 6.26. The number of ether oxygens (including phenoxy) is 1. The number of nitrogens with zero attached hydrogens (tertiary/aromatic N) is 4. The van der Waals surface area contributed by atoms with E-state index in [1.807, 2.05) is 49.4 Å². The van der Waals surface area contributed by atoms with Crippen molar-refractivity contribution in [2.45, 2.75) is 13.8 Å². The first-order valence-corrected chi connectivity index (χ1v) is 9.90. The second-order valence-electron chi connectivity index (χ2n) is 6.96. The minimum absolute atomic E-state index is 0.455. The summed E-state index contributed by atoms with van der Waals surface area (Å²) in [6.45, 7) is 6.81. The van der Waals surface area contributed by atoms with E-state index >= 15 is 0 Å². The second-order valence-corrected chi connectivity index (χ2v) is 7.37. The molecule has 1 aliphatic heterocycles. The summed E-state index contributed by atoms with van der Waals surface area (Å²) in [7, 11) is 0. The van der Waals surface area contributed by atoms with E-state index in [9.17, 15) is 0 Å². The van der Waals surface area contributed by atoms with Crippen molar-refractivity contribution in [1.29, 1.82) is 0 Å². The van der Waals surface area contributed by atoms with Crippen LogP contribution in [0.1, 0.15) is 11.1 Å². The Kier molecular flexibility index (Phi) is 5.78. The highest BCUT2D eigenvalue weighted by molar-refractivity contribution is 6.31. The molecule has 0 unspecified atom stereocenters. The number of hydrogen-bond acceptors (Lipinski definition) is 7. The minimum atomic E-state index is 0.455. The van der Waals surface area contributed by atoms with Crippen LogP contribution in [0.2, 0.25) is 5.02 Å². The van der Waals surface area contributed by atoms with Gasteiger partial charge < -0.3 is 20.3 Å². The highest BCUT2D eigenvalue weighted by Crippen LogP contribution is 2.24. The van der Waals surface area contributed by atoms with Crippen molar-refractivity contribution in [3.8, 4) is 0 Å². The van der Waals surface area contributed by atoms with Crippen LogP contribution in [0.15, 0.2) is 42.5 Å². The fourth-order valence-electron chi connectivity index (χ4n) is 2.95. The largest absolute Gasteiger partial charge is 0.378 e. The van der Waals surface area contributed by atoms with Gasteiger partial charge in [-0.1, -0.05) is 35.4 Å². The summed E-state index contributed by atoms with van der Waals surface area (Å²) in [6.07, 6.45) is 0. The van der Waals surface area contributed by atoms with Crippen LogP contribution in [0.4, 0.5) is 29.2 Å². The number of benzene rings is 2. The zero-order chi connectivity index (χ0) is 20.2. The van der Waals surface area contributed by atoms with Gasteiger partial charge >= 0.3 is 0 Å². The van der Waals surface area contributed by atoms with Crippen molar-refractivity contribution in [1.82, 2.24) is 15.0 Å². The van der Waals surface area contributed by atoms with Crippen LogP contribution in [0.5, 0.6) is 0 Å². The molecule has 1 aliphatic rings. The second kappa shape index (κ2) is 8.63. The van der Waals surface area contributed by atoms with Crippen molar-refractivity contribution >= 4 is 40.8 Å². The maximum Gasteiger partial charge on any atom is 0.233 e. The first kappa shape index (κ1) is 19.4. The Balaban J connectivity index is 1.64. The SMILES string of the molecule is Cc1ccc(Nc2nc(Nc3ccc(C)c(Cl)c3)nc(N3CCOCC3)n2)cc1. The van der Waals surface area contributed by atoms with E-state index in [1.165, 1.54) is 5.56 Å². The van der Waals surface area contributed by atoms with Crippen molar-refractivity contribution in [2.24, 2.45) is 0 Å². The molecule has 0 spiro atoms. The Morgan fingerprint density at radius 1 is 0.862 bits per heavy atom. The van der Waals surface area contributed by atoms with Crippen LogP contribution in [0, 0.1) is 13.8 Å². The van der Waals surface area contributed by atoms with E-state index in [0.29, 0.717) is 36.1 Å². The molecule has 0 atom stereocenters. The molecule has 0 bridgehead atoms. The number of morpholine rings is 1. The average molecular weight is 411 g/mol. The van der Waals surface area contributed by atoms with Gasteiger partial charge in [0, 0.05) is 29.5 Å². The van der Waals surface area contributed by atoms with E-state index < -0.39 is 0 Å². The molecular weight excluding hydrogens is 388 g/mol. The molecular formula is C21H23ClN6O. The lowest BCUT2D eigenvalue weighted by Gasteiger charge is -2.27. The number of anilines is 5. The molecule has 0 radical (unpaired) electrons. The first-order valence-electron chi connectivity index (χ1n) is 9.52. The van der Waals surface area contributed by atoms with Gasteiger partial charge in [0.15, 0.2) is 0 Å². The summed E-state index contributed by atoms with van der Waals surface area (Å²) >= 11 is 6.26. The standard InChI is InChI=1S/C21H23ClN6O/c1-14-3-6-16(7-4-14)23-19-25-20(24-17-8-5-15(2)18(22)13-17)27-21(26-19)28-9-11-29-12-10-28/h3-8,13H,9-12H2,1-2H3,(H2,23,24,25,26,27). The quantitative estimate of drug-likeness (QED) is 0.642. The molecule has 0 amide bonds. The third-order valence-electron chi connectivity index (χ3n) is 4.65. The fourth-order valence-corrected chi connectivity index (χ4v) is 3.13. The number of hydrogen-bond donors (Lipinski definition) is 2. The van der Waals surface area contributed by atoms with Gasteiger partial charge in [-0.15, -0.1) is 0 Å². The van der Waals surface area contributed by atoms with E-state index in [2.05, 4.69) is 37.4 Å². The third kappa shape index (κ3) is 4.93. The van der Waals surface area contributed by atoms with Crippen molar-refractivity contribution < 1.29 is 4.74 Å².